The van der Waals surface area contributed by atoms with Crippen molar-refractivity contribution in [3.05, 3.63) is 126 Å². The third kappa shape index (κ3) is 7.45. The van der Waals surface area contributed by atoms with E-state index in [-0.39, 0.29) is 31.2 Å². The normalized spacial score (nSPS) is 16.5. The van der Waals surface area contributed by atoms with E-state index in [1.807, 2.05) is 18.2 Å². The lowest BCUT2D eigenvalue weighted by atomic mass is 9.74. The predicted octanol–water partition coefficient (Wildman–Crippen LogP) is 6.14. The summed E-state index contributed by atoms with van der Waals surface area (Å²) in [4.78, 5) is 42.2. The van der Waals surface area contributed by atoms with Gasteiger partial charge in [-0.05, 0) is 93.2 Å². The fourth-order valence-corrected chi connectivity index (χ4v) is 7.61. The molecule has 0 unspecified atom stereocenters. The zero-order valence-corrected chi connectivity index (χ0v) is 27.9. The third-order valence-corrected chi connectivity index (χ3v) is 10.2. The molecule has 0 amide bonds. The Morgan fingerprint density at radius 3 is 2.38 bits per heavy atom. The number of likely N-dealkylation sites (tertiary alicyclic amines) is 1. The van der Waals surface area contributed by atoms with Crippen LogP contribution in [0.4, 0.5) is 17.6 Å². The average molecular weight is 717 g/mol. The number of nitrogens with one attached hydrogen (secondary N) is 1. The standard InChI is InChI=1S/C36H37ClF4N4O5/c37-30-12-11-24(50-30)20-43-18-15-35(16-19-43)14-13-29-32(35)33(48)45(22-28(23-6-2-1-3-7-23)42-17-5-10-31(46)47)34(49)44(29)21-25-26(36(39,40)41)8-4-9-27(25)38/h1-4,6-9,11-12,28,42H,5,10,13-22H2,(H,46,47)/t28-/m0/s1. The van der Waals surface area contributed by atoms with Crippen molar-refractivity contribution in [3.63, 3.8) is 0 Å². The second-order valence-corrected chi connectivity index (χ2v) is 13.4. The van der Waals surface area contributed by atoms with Gasteiger partial charge >= 0.3 is 17.8 Å². The molecular formula is C36H37ClF4N4O5. The van der Waals surface area contributed by atoms with Crippen molar-refractivity contribution in [2.24, 2.45) is 0 Å². The number of fused-ring (bicyclic) bond motifs is 2. The molecule has 50 heavy (non-hydrogen) atoms. The molecular weight excluding hydrogens is 680 g/mol. The monoisotopic (exact) mass is 716 g/mol. The number of carboxylic acids is 1. The molecule has 2 aromatic heterocycles. The van der Waals surface area contributed by atoms with Gasteiger partial charge in [0.2, 0.25) is 0 Å². The van der Waals surface area contributed by atoms with Crippen LogP contribution in [0.15, 0.2) is 74.7 Å². The van der Waals surface area contributed by atoms with E-state index in [4.69, 9.17) is 21.1 Å². The number of furan rings is 1. The molecule has 14 heteroatoms. The first kappa shape index (κ1) is 35.6. The largest absolute Gasteiger partial charge is 0.481 e. The highest BCUT2D eigenvalue weighted by Gasteiger charge is 2.46. The second kappa shape index (κ2) is 14.6. The molecule has 1 fully saturated rings. The molecule has 0 saturated carbocycles. The number of benzene rings is 2. The molecule has 4 aromatic rings. The minimum absolute atomic E-state index is 0.0865. The molecule has 1 saturated heterocycles. The van der Waals surface area contributed by atoms with Gasteiger partial charge < -0.3 is 14.8 Å². The number of rotatable bonds is 12. The molecule has 1 aliphatic heterocycles. The van der Waals surface area contributed by atoms with Gasteiger partial charge in [0.1, 0.15) is 11.6 Å². The van der Waals surface area contributed by atoms with E-state index >= 15 is 4.39 Å². The van der Waals surface area contributed by atoms with Gasteiger partial charge in [-0.1, -0.05) is 36.4 Å². The Labute approximate surface area is 290 Å². The SMILES string of the molecule is O=C(O)CCCN[C@@H](Cn1c(=O)c2c(n(Cc3c(F)cccc3C(F)(F)F)c1=O)CCC21CCN(Cc2ccc(Cl)o2)CC1)c1ccccc1. The van der Waals surface area contributed by atoms with Crippen LogP contribution in [0.5, 0.6) is 0 Å². The number of aliphatic carboxylic acids is 1. The number of nitrogens with zero attached hydrogens (tertiary/aromatic N) is 3. The summed E-state index contributed by atoms with van der Waals surface area (Å²) in [7, 11) is 0. The number of hydrogen-bond acceptors (Lipinski definition) is 6. The Morgan fingerprint density at radius 2 is 1.72 bits per heavy atom. The fraction of sp³-hybridized carbons (Fsp3) is 0.417. The lowest BCUT2D eigenvalue weighted by Crippen LogP contribution is -2.49. The van der Waals surface area contributed by atoms with Gasteiger partial charge in [0.15, 0.2) is 5.22 Å². The fourth-order valence-electron chi connectivity index (χ4n) is 7.45. The summed E-state index contributed by atoms with van der Waals surface area (Å²) in [5, 5.41) is 12.7. The molecule has 1 spiro atoms. The first-order valence-electron chi connectivity index (χ1n) is 16.5. The van der Waals surface area contributed by atoms with Crippen LogP contribution in [0.25, 0.3) is 0 Å². The summed E-state index contributed by atoms with van der Waals surface area (Å²) >= 11 is 5.95. The second-order valence-electron chi connectivity index (χ2n) is 13.0. The minimum Gasteiger partial charge on any atom is -0.481 e. The summed E-state index contributed by atoms with van der Waals surface area (Å²) in [6.07, 6.45) is -2.75. The summed E-state index contributed by atoms with van der Waals surface area (Å²) < 4.78 is 65.3. The number of piperidine rings is 1. The smallest absolute Gasteiger partial charge is 0.416 e. The molecule has 2 aliphatic rings. The van der Waals surface area contributed by atoms with Crippen LogP contribution in [-0.4, -0.2) is 44.7 Å². The van der Waals surface area contributed by atoms with Crippen molar-refractivity contribution in [2.75, 3.05) is 19.6 Å². The first-order valence-corrected chi connectivity index (χ1v) is 16.9. The third-order valence-electron chi connectivity index (χ3n) is 9.99. The van der Waals surface area contributed by atoms with Crippen molar-refractivity contribution in [2.45, 2.75) is 75.8 Å². The van der Waals surface area contributed by atoms with Crippen molar-refractivity contribution in [1.82, 2.24) is 19.4 Å². The summed E-state index contributed by atoms with van der Waals surface area (Å²) in [5.41, 5.74) is -2.38. The topological polar surface area (TPSA) is 110 Å². The van der Waals surface area contributed by atoms with Crippen LogP contribution in [0.3, 0.4) is 0 Å². The molecule has 0 radical (unpaired) electrons. The van der Waals surface area contributed by atoms with Crippen LogP contribution >= 0.6 is 11.6 Å². The van der Waals surface area contributed by atoms with E-state index in [2.05, 4.69) is 10.2 Å². The highest BCUT2D eigenvalue weighted by atomic mass is 35.5. The van der Waals surface area contributed by atoms with Crippen molar-refractivity contribution in [1.29, 1.82) is 0 Å². The molecule has 0 bridgehead atoms. The van der Waals surface area contributed by atoms with Crippen molar-refractivity contribution in [3.8, 4) is 0 Å². The number of halogens is 5. The van der Waals surface area contributed by atoms with Gasteiger partial charge in [-0.3, -0.25) is 23.6 Å². The van der Waals surface area contributed by atoms with E-state index in [0.717, 1.165) is 32.9 Å². The number of alkyl halides is 3. The molecule has 2 N–H and O–H groups in total. The maximum absolute atomic E-state index is 15.2. The van der Waals surface area contributed by atoms with Gasteiger partial charge in [0.05, 0.1) is 31.2 Å². The van der Waals surface area contributed by atoms with Crippen LogP contribution in [0.2, 0.25) is 5.22 Å². The van der Waals surface area contributed by atoms with E-state index in [1.54, 1.807) is 24.3 Å². The number of hydrogen-bond donors (Lipinski definition) is 2. The zero-order chi connectivity index (χ0) is 35.6. The maximum atomic E-state index is 15.2. The molecule has 3 heterocycles. The molecule has 1 atom stereocenters. The van der Waals surface area contributed by atoms with Gasteiger partial charge in [-0.15, -0.1) is 0 Å². The number of carbonyl (C=O) groups is 1. The average Bonchev–Trinajstić information content (AvgIpc) is 3.66. The zero-order valence-electron chi connectivity index (χ0n) is 27.1. The highest BCUT2D eigenvalue weighted by molar-refractivity contribution is 6.28. The van der Waals surface area contributed by atoms with Crippen molar-refractivity contribution < 1.29 is 31.9 Å². The van der Waals surface area contributed by atoms with Crippen LogP contribution in [0.1, 0.15) is 71.9 Å². The lowest BCUT2D eigenvalue weighted by Gasteiger charge is -2.39. The predicted molar refractivity (Wildman–Crippen MR) is 178 cm³/mol. The summed E-state index contributed by atoms with van der Waals surface area (Å²) in [6.45, 7) is 1.10. The Balaban J connectivity index is 1.42. The Bertz CT molecular complexity index is 1970. The van der Waals surface area contributed by atoms with E-state index in [0.29, 0.717) is 62.3 Å². The summed E-state index contributed by atoms with van der Waals surface area (Å²) in [5.74, 6) is -1.36. The lowest BCUT2D eigenvalue weighted by molar-refractivity contribution is -0.138. The molecule has 9 nitrogen and oxygen atoms in total. The van der Waals surface area contributed by atoms with Gasteiger partial charge in [-0.25, -0.2) is 9.18 Å². The highest BCUT2D eigenvalue weighted by Crippen LogP contribution is 2.45. The van der Waals surface area contributed by atoms with E-state index in [1.165, 1.54) is 0 Å². The van der Waals surface area contributed by atoms with Gasteiger partial charge in [0.25, 0.3) is 5.56 Å². The van der Waals surface area contributed by atoms with Crippen LogP contribution < -0.4 is 16.6 Å². The maximum Gasteiger partial charge on any atom is 0.416 e. The van der Waals surface area contributed by atoms with Crippen LogP contribution in [-0.2, 0) is 42.4 Å². The van der Waals surface area contributed by atoms with Gasteiger partial charge in [-0.2, -0.15) is 13.2 Å². The van der Waals surface area contributed by atoms with E-state index in [9.17, 15) is 27.6 Å². The Morgan fingerprint density at radius 1 is 0.980 bits per heavy atom. The number of carboxylic acid groups (broad SMARTS) is 1. The Kier molecular flexibility index (Phi) is 10.4. The van der Waals surface area contributed by atoms with Crippen LogP contribution in [0, 0.1) is 5.82 Å². The molecule has 2 aromatic carbocycles. The van der Waals surface area contributed by atoms with E-state index < -0.39 is 58.3 Å². The molecule has 266 valence electrons. The first-order chi connectivity index (χ1) is 23.9. The summed E-state index contributed by atoms with van der Waals surface area (Å²) in [6, 6.07) is 14.6. The Hall–Kier alpha value is -4.20. The van der Waals surface area contributed by atoms with Gasteiger partial charge in [0, 0.05) is 28.7 Å². The molecule has 6 rings (SSSR count). The molecule has 1 aliphatic carbocycles. The van der Waals surface area contributed by atoms with Crippen molar-refractivity contribution >= 4 is 17.6 Å². The number of aromatic nitrogens is 2. The quantitative estimate of drug-likeness (QED) is 0.134. The minimum atomic E-state index is -4.87.